The first-order valence-electron chi connectivity index (χ1n) is 7.66. The molecule has 110 valence electrons. The van der Waals surface area contributed by atoms with Gasteiger partial charge in [0.15, 0.2) is 0 Å². The van der Waals surface area contributed by atoms with E-state index in [-0.39, 0.29) is 6.04 Å². The molecule has 0 saturated heterocycles. The zero-order valence-electron chi connectivity index (χ0n) is 12.8. The van der Waals surface area contributed by atoms with Gasteiger partial charge in [0, 0.05) is 12.5 Å². The zero-order chi connectivity index (χ0) is 15.1. The smallest absolute Gasteiger partial charge is 0.0561 e. The number of nitrogens with zero attached hydrogens (tertiary/aromatic N) is 1. The van der Waals surface area contributed by atoms with E-state index < -0.39 is 0 Å². The van der Waals surface area contributed by atoms with Crippen LogP contribution in [0.25, 0.3) is 0 Å². The predicted octanol–water partition coefficient (Wildman–Crippen LogP) is 4.70. The van der Waals surface area contributed by atoms with Gasteiger partial charge in [0.1, 0.15) is 0 Å². The predicted molar refractivity (Wildman–Crippen MR) is 91.5 cm³/mol. The first kappa shape index (κ1) is 15.5. The third kappa shape index (κ3) is 4.54. The van der Waals surface area contributed by atoms with Crippen LogP contribution >= 0.6 is 0 Å². The highest BCUT2D eigenvalue weighted by molar-refractivity contribution is 6.02. The van der Waals surface area contributed by atoms with Gasteiger partial charge in [-0.15, -0.1) is 0 Å². The van der Waals surface area contributed by atoms with Crippen molar-refractivity contribution in [3.8, 4) is 0 Å². The van der Waals surface area contributed by atoms with Crippen LogP contribution in [0.2, 0.25) is 0 Å². The van der Waals surface area contributed by atoms with Crippen molar-refractivity contribution in [1.29, 1.82) is 0 Å². The zero-order valence-corrected chi connectivity index (χ0v) is 12.8. The molecule has 2 heteroatoms. The molecule has 0 amide bonds. The van der Waals surface area contributed by atoms with E-state index in [9.17, 15) is 0 Å². The van der Waals surface area contributed by atoms with Gasteiger partial charge in [0.2, 0.25) is 0 Å². The number of hydrogen-bond donors (Lipinski definition) is 1. The van der Waals surface area contributed by atoms with Crippen molar-refractivity contribution >= 4 is 5.71 Å². The van der Waals surface area contributed by atoms with Crippen LogP contribution in [0.15, 0.2) is 65.8 Å². The first-order chi connectivity index (χ1) is 10.2. The summed E-state index contributed by atoms with van der Waals surface area (Å²) in [5, 5.41) is 0. The summed E-state index contributed by atoms with van der Waals surface area (Å²) >= 11 is 0. The Morgan fingerprint density at radius 3 is 2.71 bits per heavy atom. The Labute approximate surface area is 127 Å². The van der Waals surface area contributed by atoms with Crippen molar-refractivity contribution in [2.24, 2.45) is 10.7 Å². The summed E-state index contributed by atoms with van der Waals surface area (Å²) in [6.07, 6.45) is 12.3. The summed E-state index contributed by atoms with van der Waals surface area (Å²) in [5.74, 6) is 0. The average molecular weight is 280 g/mol. The Hall–Kier alpha value is -1.93. The standard InChI is InChI=1S/C19H24N2/c1-3-4-9-18(20)16-11-13-17(14-12-16)19-10-7-5-6-8-15(2)21-19/h5-8,11-14,18H,2-4,9-10,20H2,1H3/b7-5-,8-6-,21-19?. The SMILES string of the molecule is C=C1/C=C\C=C/CC(c2ccc(C(N)CCCC)cc2)=N1. The number of unbranched alkanes of at least 4 members (excludes halogenated alkanes) is 1. The topological polar surface area (TPSA) is 38.4 Å². The molecule has 1 aliphatic heterocycles. The largest absolute Gasteiger partial charge is 0.324 e. The van der Waals surface area contributed by atoms with Gasteiger partial charge in [0.05, 0.1) is 11.4 Å². The average Bonchev–Trinajstić information content (AvgIpc) is 2.48. The molecular weight excluding hydrogens is 256 g/mol. The molecule has 1 aromatic carbocycles. The molecule has 0 aromatic heterocycles. The fraction of sp³-hybridized carbons (Fsp3) is 0.316. The van der Waals surface area contributed by atoms with Gasteiger partial charge in [-0.2, -0.15) is 0 Å². The minimum atomic E-state index is 0.135. The summed E-state index contributed by atoms with van der Waals surface area (Å²) in [6.45, 7) is 6.13. The van der Waals surface area contributed by atoms with Crippen LogP contribution in [-0.4, -0.2) is 5.71 Å². The summed E-state index contributed by atoms with van der Waals surface area (Å²) in [5.41, 5.74) is 10.4. The van der Waals surface area contributed by atoms with E-state index in [0.717, 1.165) is 29.8 Å². The van der Waals surface area contributed by atoms with Gasteiger partial charge in [-0.1, -0.05) is 68.8 Å². The fourth-order valence-electron chi connectivity index (χ4n) is 2.38. The quantitative estimate of drug-likeness (QED) is 0.834. The molecular formula is C19H24N2. The number of benzene rings is 1. The molecule has 0 radical (unpaired) electrons. The Bertz CT molecular complexity index is 562. The molecule has 1 heterocycles. The molecule has 0 fully saturated rings. The second kappa shape index (κ2) is 7.75. The molecule has 0 aliphatic carbocycles. The molecule has 0 saturated carbocycles. The van der Waals surface area contributed by atoms with Gasteiger partial charge < -0.3 is 5.73 Å². The molecule has 0 spiro atoms. The van der Waals surface area contributed by atoms with E-state index in [1.54, 1.807) is 0 Å². The fourth-order valence-corrected chi connectivity index (χ4v) is 2.38. The minimum Gasteiger partial charge on any atom is -0.324 e. The lowest BCUT2D eigenvalue weighted by Gasteiger charge is -2.13. The third-order valence-electron chi connectivity index (χ3n) is 3.67. The summed E-state index contributed by atoms with van der Waals surface area (Å²) < 4.78 is 0. The van der Waals surface area contributed by atoms with E-state index in [1.165, 1.54) is 18.4 Å². The highest BCUT2D eigenvalue weighted by Gasteiger charge is 2.08. The van der Waals surface area contributed by atoms with E-state index in [4.69, 9.17) is 5.73 Å². The lowest BCUT2D eigenvalue weighted by molar-refractivity contribution is 0.603. The van der Waals surface area contributed by atoms with Crippen molar-refractivity contribution in [2.75, 3.05) is 0 Å². The molecule has 21 heavy (non-hydrogen) atoms. The van der Waals surface area contributed by atoms with Gasteiger partial charge in [-0.25, -0.2) is 0 Å². The molecule has 1 aromatic rings. The van der Waals surface area contributed by atoms with E-state index in [2.05, 4.69) is 48.8 Å². The summed E-state index contributed by atoms with van der Waals surface area (Å²) in [6, 6.07) is 8.62. The van der Waals surface area contributed by atoms with Crippen LogP contribution in [0.4, 0.5) is 0 Å². The van der Waals surface area contributed by atoms with Crippen LogP contribution in [0, 0.1) is 0 Å². The number of rotatable bonds is 5. The minimum absolute atomic E-state index is 0.135. The van der Waals surface area contributed by atoms with E-state index >= 15 is 0 Å². The Morgan fingerprint density at radius 1 is 1.24 bits per heavy atom. The Balaban J connectivity index is 2.14. The van der Waals surface area contributed by atoms with Gasteiger partial charge in [-0.05, 0) is 23.6 Å². The normalized spacial score (nSPS) is 19.3. The van der Waals surface area contributed by atoms with Gasteiger partial charge in [-0.3, -0.25) is 4.99 Å². The van der Waals surface area contributed by atoms with Crippen molar-refractivity contribution in [3.05, 3.63) is 72.0 Å². The lowest BCUT2D eigenvalue weighted by atomic mass is 9.98. The van der Waals surface area contributed by atoms with Crippen LogP contribution in [0.1, 0.15) is 49.8 Å². The number of nitrogens with two attached hydrogens (primary N) is 1. The third-order valence-corrected chi connectivity index (χ3v) is 3.67. The van der Waals surface area contributed by atoms with Crippen LogP contribution in [0.5, 0.6) is 0 Å². The number of aliphatic imine (C=N–C) groups is 1. The van der Waals surface area contributed by atoms with Crippen molar-refractivity contribution in [2.45, 2.75) is 38.6 Å². The van der Waals surface area contributed by atoms with Crippen LogP contribution < -0.4 is 5.73 Å². The molecule has 1 aliphatic rings. The van der Waals surface area contributed by atoms with Gasteiger partial charge in [0.25, 0.3) is 0 Å². The second-order valence-corrected chi connectivity index (χ2v) is 5.41. The maximum atomic E-state index is 6.21. The number of allylic oxidation sites excluding steroid dienone is 4. The lowest BCUT2D eigenvalue weighted by Crippen LogP contribution is -2.10. The first-order valence-corrected chi connectivity index (χ1v) is 7.66. The van der Waals surface area contributed by atoms with Gasteiger partial charge >= 0.3 is 0 Å². The van der Waals surface area contributed by atoms with Crippen molar-refractivity contribution < 1.29 is 0 Å². The molecule has 1 unspecified atom stereocenters. The van der Waals surface area contributed by atoms with Crippen LogP contribution in [0.3, 0.4) is 0 Å². The molecule has 1 atom stereocenters. The summed E-state index contributed by atoms with van der Waals surface area (Å²) in [4.78, 5) is 4.58. The Kier molecular flexibility index (Phi) is 5.70. The van der Waals surface area contributed by atoms with Crippen molar-refractivity contribution in [3.63, 3.8) is 0 Å². The summed E-state index contributed by atoms with van der Waals surface area (Å²) in [7, 11) is 0. The second-order valence-electron chi connectivity index (χ2n) is 5.41. The molecule has 0 bridgehead atoms. The molecule has 2 rings (SSSR count). The van der Waals surface area contributed by atoms with Crippen molar-refractivity contribution in [1.82, 2.24) is 0 Å². The molecule has 2 N–H and O–H groups in total. The Morgan fingerprint density at radius 2 is 2.00 bits per heavy atom. The van der Waals surface area contributed by atoms with E-state index in [0.29, 0.717) is 0 Å². The maximum Gasteiger partial charge on any atom is 0.0561 e. The monoisotopic (exact) mass is 280 g/mol. The van der Waals surface area contributed by atoms with E-state index in [1.807, 2.05) is 18.2 Å². The van der Waals surface area contributed by atoms with Crippen LogP contribution in [-0.2, 0) is 0 Å². The molecule has 2 nitrogen and oxygen atoms in total. The highest BCUT2D eigenvalue weighted by atomic mass is 14.7. The number of hydrogen-bond acceptors (Lipinski definition) is 2. The highest BCUT2D eigenvalue weighted by Crippen LogP contribution is 2.19. The maximum absolute atomic E-state index is 6.21.